The first-order valence-corrected chi connectivity index (χ1v) is 4.13. The maximum atomic E-state index is 11.6. The van der Waals surface area contributed by atoms with Crippen molar-refractivity contribution in [1.29, 1.82) is 0 Å². The molecular weight excluding hydrogens is 217 g/mol. The second-order valence-electron chi connectivity index (χ2n) is 2.40. The summed E-state index contributed by atoms with van der Waals surface area (Å²) in [7, 11) is 0. The van der Waals surface area contributed by atoms with Gasteiger partial charge < -0.3 is 15.4 Å². The molecule has 0 aliphatic rings. The molecule has 0 unspecified atom stereocenters. The van der Waals surface area contributed by atoms with E-state index < -0.39 is 18.2 Å². The number of hydrogen-bond acceptors (Lipinski definition) is 3. The molecular formula is C7H11F3N2O3. The van der Waals surface area contributed by atoms with Crippen LogP contribution in [0.15, 0.2) is 0 Å². The molecule has 0 heterocycles. The Morgan fingerprint density at radius 3 is 2.20 bits per heavy atom. The first kappa shape index (κ1) is 13.5. The van der Waals surface area contributed by atoms with E-state index in [0.29, 0.717) is 0 Å². The van der Waals surface area contributed by atoms with Crippen molar-refractivity contribution in [3.8, 4) is 0 Å². The second kappa shape index (κ2) is 6.10. The fourth-order valence-electron chi connectivity index (χ4n) is 0.623. The van der Waals surface area contributed by atoms with E-state index in [-0.39, 0.29) is 19.7 Å². The van der Waals surface area contributed by atoms with Crippen molar-refractivity contribution in [2.24, 2.45) is 0 Å². The number of carbonyl (C=O) groups excluding carboxylic acids is 2. The molecule has 2 N–H and O–H groups in total. The van der Waals surface area contributed by atoms with Gasteiger partial charge in [-0.15, -0.1) is 0 Å². The fourth-order valence-corrected chi connectivity index (χ4v) is 0.623. The van der Waals surface area contributed by atoms with Crippen LogP contribution < -0.4 is 10.6 Å². The van der Waals surface area contributed by atoms with Gasteiger partial charge in [0.1, 0.15) is 0 Å². The Bertz CT molecular complexity index is 230. The summed E-state index contributed by atoms with van der Waals surface area (Å²) in [6.07, 6.45) is -5.64. The van der Waals surface area contributed by atoms with Crippen molar-refractivity contribution in [3.63, 3.8) is 0 Å². The summed E-state index contributed by atoms with van der Waals surface area (Å²) in [6, 6.07) is 0. The lowest BCUT2D eigenvalue weighted by atomic mass is 10.5. The molecule has 0 aromatic rings. The standard InChI is InChI=1S/C7H11F3N2O3/c1-2-15-6(14)12-4-3-11-5(13)7(8,9)10/h2-4H2,1H3,(H,11,13)(H,12,14). The molecule has 0 bridgehead atoms. The number of nitrogens with one attached hydrogen (secondary N) is 2. The molecule has 2 amide bonds. The maximum Gasteiger partial charge on any atom is 0.471 e. The van der Waals surface area contributed by atoms with E-state index >= 15 is 0 Å². The van der Waals surface area contributed by atoms with Crippen LogP contribution in [0, 0.1) is 0 Å². The number of rotatable bonds is 4. The van der Waals surface area contributed by atoms with Crippen molar-refractivity contribution >= 4 is 12.0 Å². The first-order chi connectivity index (χ1) is 6.88. The van der Waals surface area contributed by atoms with Crippen molar-refractivity contribution in [2.75, 3.05) is 19.7 Å². The van der Waals surface area contributed by atoms with Crippen LogP contribution in [0.2, 0.25) is 0 Å². The molecule has 0 atom stereocenters. The fraction of sp³-hybridized carbons (Fsp3) is 0.714. The topological polar surface area (TPSA) is 67.4 Å². The predicted molar refractivity (Wildman–Crippen MR) is 44.1 cm³/mol. The van der Waals surface area contributed by atoms with Gasteiger partial charge in [0.15, 0.2) is 0 Å². The first-order valence-electron chi connectivity index (χ1n) is 4.13. The summed E-state index contributed by atoms with van der Waals surface area (Å²) in [4.78, 5) is 20.9. The summed E-state index contributed by atoms with van der Waals surface area (Å²) in [6.45, 7) is 1.32. The van der Waals surface area contributed by atoms with Gasteiger partial charge in [-0.1, -0.05) is 0 Å². The Kier molecular flexibility index (Phi) is 5.50. The highest BCUT2D eigenvalue weighted by Crippen LogP contribution is 2.13. The van der Waals surface area contributed by atoms with Gasteiger partial charge in [-0.3, -0.25) is 4.79 Å². The quantitative estimate of drug-likeness (QED) is 0.685. The van der Waals surface area contributed by atoms with Crippen LogP contribution in [0.4, 0.5) is 18.0 Å². The predicted octanol–water partition coefficient (Wildman–Crippen LogP) is 0.411. The van der Waals surface area contributed by atoms with Crippen LogP contribution in [0.25, 0.3) is 0 Å². The molecule has 8 heteroatoms. The average Bonchev–Trinajstić information content (AvgIpc) is 2.11. The zero-order valence-electron chi connectivity index (χ0n) is 7.98. The molecule has 0 radical (unpaired) electrons. The number of carbonyl (C=O) groups is 2. The third kappa shape index (κ3) is 6.58. The Morgan fingerprint density at radius 2 is 1.73 bits per heavy atom. The lowest BCUT2D eigenvalue weighted by molar-refractivity contribution is -0.173. The Labute approximate surface area is 84.0 Å². The lowest BCUT2D eigenvalue weighted by Gasteiger charge is -2.08. The molecule has 0 fully saturated rings. The summed E-state index contributed by atoms with van der Waals surface area (Å²) >= 11 is 0. The van der Waals surface area contributed by atoms with E-state index in [1.54, 1.807) is 12.2 Å². The van der Waals surface area contributed by atoms with Crippen molar-refractivity contribution in [3.05, 3.63) is 0 Å². The third-order valence-corrected chi connectivity index (χ3v) is 1.21. The van der Waals surface area contributed by atoms with Gasteiger partial charge in [0, 0.05) is 13.1 Å². The maximum absolute atomic E-state index is 11.6. The highest BCUT2D eigenvalue weighted by molar-refractivity contribution is 5.81. The van der Waals surface area contributed by atoms with Gasteiger partial charge in [0.2, 0.25) is 0 Å². The number of amides is 2. The van der Waals surface area contributed by atoms with Gasteiger partial charge in [0.25, 0.3) is 0 Å². The van der Waals surface area contributed by atoms with Crippen molar-refractivity contribution in [1.82, 2.24) is 10.6 Å². The minimum atomic E-state index is -4.90. The monoisotopic (exact) mass is 228 g/mol. The molecule has 0 saturated carbocycles. The van der Waals surface area contributed by atoms with Crippen molar-refractivity contribution < 1.29 is 27.5 Å². The summed E-state index contributed by atoms with van der Waals surface area (Å²) in [5.74, 6) is -2.03. The minimum absolute atomic E-state index is 0.124. The van der Waals surface area contributed by atoms with Gasteiger partial charge >= 0.3 is 18.2 Å². The van der Waals surface area contributed by atoms with E-state index in [1.165, 1.54) is 0 Å². The van der Waals surface area contributed by atoms with E-state index in [0.717, 1.165) is 0 Å². The van der Waals surface area contributed by atoms with Gasteiger partial charge in [-0.2, -0.15) is 13.2 Å². The Balaban J connectivity index is 3.55. The molecule has 0 spiro atoms. The van der Waals surface area contributed by atoms with E-state index in [9.17, 15) is 22.8 Å². The zero-order valence-corrected chi connectivity index (χ0v) is 7.98. The van der Waals surface area contributed by atoms with Gasteiger partial charge in [-0.25, -0.2) is 4.79 Å². The second-order valence-corrected chi connectivity index (χ2v) is 2.40. The van der Waals surface area contributed by atoms with Crippen LogP contribution in [-0.4, -0.2) is 37.9 Å². The van der Waals surface area contributed by atoms with Gasteiger partial charge in [-0.05, 0) is 6.92 Å². The Hall–Kier alpha value is -1.47. The number of hydrogen-bond donors (Lipinski definition) is 2. The van der Waals surface area contributed by atoms with Crippen molar-refractivity contribution in [2.45, 2.75) is 13.1 Å². The summed E-state index contributed by atoms with van der Waals surface area (Å²) < 4.78 is 39.3. The summed E-state index contributed by atoms with van der Waals surface area (Å²) in [5.41, 5.74) is 0. The van der Waals surface area contributed by atoms with Crippen LogP contribution >= 0.6 is 0 Å². The van der Waals surface area contributed by atoms with E-state index in [1.807, 2.05) is 0 Å². The average molecular weight is 228 g/mol. The molecule has 0 rings (SSSR count). The molecule has 15 heavy (non-hydrogen) atoms. The molecule has 0 aromatic heterocycles. The molecule has 5 nitrogen and oxygen atoms in total. The third-order valence-electron chi connectivity index (χ3n) is 1.21. The van der Waals surface area contributed by atoms with E-state index in [4.69, 9.17) is 0 Å². The minimum Gasteiger partial charge on any atom is -0.450 e. The highest BCUT2D eigenvalue weighted by Gasteiger charge is 2.38. The Morgan fingerprint density at radius 1 is 1.20 bits per heavy atom. The van der Waals surface area contributed by atoms with Crippen LogP contribution in [-0.2, 0) is 9.53 Å². The molecule has 0 aliphatic heterocycles. The van der Waals surface area contributed by atoms with Crippen LogP contribution in [0.3, 0.4) is 0 Å². The molecule has 88 valence electrons. The van der Waals surface area contributed by atoms with Crippen LogP contribution in [0.1, 0.15) is 6.92 Å². The molecule has 0 aromatic carbocycles. The zero-order chi connectivity index (χ0) is 11.9. The molecule has 0 saturated heterocycles. The van der Waals surface area contributed by atoms with Crippen LogP contribution in [0.5, 0.6) is 0 Å². The number of alkyl carbamates (subject to hydrolysis) is 1. The summed E-state index contributed by atoms with van der Waals surface area (Å²) in [5, 5.41) is 3.73. The van der Waals surface area contributed by atoms with E-state index in [2.05, 4.69) is 10.1 Å². The number of alkyl halides is 3. The number of ether oxygens (including phenoxy) is 1. The normalized spacial score (nSPS) is 10.7. The number of halogens is 3. The largest absolute Gasteiger partial charge is 0.471 e. The van der Waals surface area contributed by atoms with Gasteiger partial charge in [0.05, 0.1) is 6.61 Å². The SMILES string of the molecule is CCOC(=O)NCCNC(=O)C(F)(F)F. The molecule has 0 aliphatic carbocycles. The highest BCUT2D eigenvalue weighted by atomic mass is 19.4. The lowest BCUT2D eigenvalue weighted by Crippen LogP contribution is -2.41. The smallest absolute Gasteiger partial charge is 0.450 e.